The van der Waals surface area contributed by atoms with Gasteiger partial charge in [0.2, 0.25) is 11.8 Å². The van der Waals surface area contributed by atoms with E-state index in [1.54, 1.807) is 0 Å². The molecule has 2 amide bonds. The molecule has 0 aromatic rings. The first-order valence-corrected chi connectivity index (χ1v) is 51.6. The number of aliphatic hydroxyl groups is 4. The second-order valence-corrected chi connectivity index (χ2v) is 36.9. The van der Waals surface area contributed by atoms with E-state index in [9.17, 15) is 53.9 Å². The van der Waals surface area contributed by atoms with Crippen molar-refractivity contribution in [2.45, 2.75) is 564 Å². The maximum atomic E-state index is 15.1. The molecule has 0 bridgehead atoms. The van der Waals surface area contributed by atoms with Crippen LogP contribution in [0.3, 0.4) is 0 Å². The maximum Gasteiger partial charge on any atom is 0.489 e. The van der Waals surface area contributed by atoms with Crippen LogP contribution >= 0.6 is 7.82 Å². The minimum absolute atomic E-state index is 0.127. The van der Waals surface area contributed by atoms with Crippen molar-refractivity contribution in [2.24, 2.45) is 5.90 Å². The molecular formula is C96H182N3O21P. The minimum Gasteiger partial charge on any atom is -0.462 e. The summed E-state index contributed by atoms with van der Waals surface area (Å²) in [5.74, 6) is 1.54. The van der Waals surface area contributed by atoms with Gasteiger partial charge in [-0.1, -0.05) is 388 Å². The fraction of sp³-hybridized carbons (Fsp3) is 0.938. The number of phosphoric ester groups is 1. The zero-order valence-electron chi connectivity index (χ0n) is 77.5. The van der Waals surface area contributed by atoms with Crippen LogP contribution in [0.2, 0.25) is 0 Å². The van der Waals surface area contributed by atoms with Crippen LogP contribution in [-0.2, 0) is 75.6 Å². The zero-order valence-corrected chi connectivity index (χ0v) is 78.4. The Bertz CT molecular complexity index is 2540. The van der Waals surface area contributed by atoms with E-state index in [-0.39, 0.29) is 25.7 Å². The number of nitrogens with one attached hydrogen (secondary N) is 2. The number of hydrogen-bond donors (Lipinski definition) is 8. The number of esters is 4. The van der Waals surface area contributed by atoms with Crippen LogP contribution in [0, 0.1) is 0 Å². The van der Waals surface area contributed by atoms with Crippen LogP contribution in [0.25, 0.3) is 0 Å². The Labute approximate surface area is 734 Å². The third-order valence-corrected chi connectivity index (χ3v) is 25.0. The van der Waals surface area contributed by atoms with Gasteiger partial charge in [0.15, 0.2) is 18.7 Å². The Balaban J connectivity index is 2.61. The van der Waals surface area contributed by atoms with Gasteiger partial charge in [-0.05, 0) is 57.8 Å². The third-order valence-electron chi connectivity index (χ3n) is 24.2. The van der Waals surface area contributed by atoms with Crippen LogP contribution in [0.5, 0.6) is 0 Å². The molecule has 5 unspecified atom stereocenters. The predicted octanol–water partition coefficient (Wildman–Crippen LogP) is 22.2. The quantitative estimate of drug-likeness (QED) is 0.00922. The summed E-state index contributed by atoms with van der Waals surface area (Å²) in [6, 6.07) is -3.36. The van der Waals surface area contributed by atoms with Gasteiger partial charge in [0.25, 0.3) is 0 Å². The highest BCUT2D eigenvalue weighted by atomic mass is 31.2. The molecular weight excluding hydrogens is 1560 g/mol. The summed E-state index contributed by atoms with van der Waals surface area (Å²) in [6.07, 6.45) is 46.9. The Hall–Kier alpha value is -3.39. The predicted molar refractivity (Wildman–Crippen MR) is 481 cm³/mol. The van der Waals surface area contributed by atoms with Gasteiger partial charge in [0.1, 0.15) is 60.9 Å². The van der Waals surface area contributed by atoms with E-state index in [1.807, 2.05) is 0 Å². The van der Waals surface area contributed by atoms with E-state index in [1.165, 1.54) is 173 Å². The molecule has 712 valence electrons. The molecule has 2 aliphatic rings. The number of unbranched alkanes of at least 4 members (excludes halogenated alkanes) is 54. The molecule has 0 aromatic carbocycles. The van der Waals surface area contributed by atoms with Gasteiger partial charge in [-0.15, -0.1) is 0 Å². The third kappa shape index (κ3) is 60.1. The Morgan fingerprint density at radius 2 is 0.636 bits per heavy atom. The van der Waals surface area contributed by atoms with Crippen molar-refractivity contribution in [1.29, 1.82) is 0 Å². The lowest BCUT2D eigenvalue weighted by Gasteiger charge is -2.46. The number of ether oxygens (including phenoxy) is 7. The molecule has 121 heavy (non-hydrogen) atoms. The molecule has 0 spiro atoms. The Morgan fingerprint density at radius 1 is 0.355 bits per heavy atom. The lowest BCUT2D eigenvalue weighted by Crippen LogP contribution is -2.67. The number of hydrogen-bond acceptors (Lipinski definition) is 21. The maximum absolute atomic E-state index is 15.1. The van der Waals surface area contributed by atoms with E-state index in [0.717, 1.165) is 173 Å². The van der Waals surface area contributed by atoms with Crippen LogP contribution in [0.1, 0.15) is 485 Å². The van der Waals surface area contributed by atoms with Crippen molar-refractivity contribution in [1.82, 2.24) is 10.6 Å². The second-order valence-electron chi connectivity index (χ2n) is 35.5. The van der Waals surface area contributed by atoms with Gasteiger partial charge in [0.05, 0.1) is 32.5 Å². The molecule has 2 rings (SSSR count). The molecule has 2 heterocycles. The number of aliphatic hydroxyl groups excluding tert-OH is 4. The molecule has 25 heteroatoms. The van der Waals surface area contributed by atoms with Gasteiger partial charge in [-0.2, -0.15) is 0 Å². The first-order valence-electron chi connectivity index (χ1n) is 50.1. The summed E-state index contributed by atoms with van der Waals surface area (Å²) in [6.45, 7) is 11.4. The van der Waals surface area contributed by atoms with Crippen LogP contribution in [0.15, 0.2) is 0 Å². The average molecular weight is 1750 g/mol. The first-order chi connectivity index (χ1) is 58.8. The van der Waals surface area contributed by atoms with E-state index in [2.05, 4.69) is 56.8 Å². The lowest BCUT2D eigenvalue weighted by atomic mass is 9.95. The summed E-state index contributed by atoms with van der Waals surface area (Å²) in [5.41, 5.74) is 0. The van der Waals surface area contributed by atoms with Gasteiger partial charge in [-0.3, -0.25) is 33.3 Å². The highest BCUT2D eigenvalue weighted by molar-refractivity contribution is 7.47. The van der Waals surface area contributed by atoms with E-state index in [4.69, 9.17) is 43.6 Å². The molecule has 0 radical (unpaired) electrons. The number of amides is 2. The van der Waals surface area contributed by atoms with Crippen molar-refractivity contribution in [3.8, 4) is 0 Å². The first kappa shape index (κ1) is 114. The van der Waals surface area contributed by atoms with Crippen molar-refractivity contribution < 1.29 is 101 Å². The number of carbonyl (C=O) groups is 6. The fourth-order valence-electron chi connectivity index (χ4n) is 16.7. The number of rotatable bonds is 85. The topological polar surface area (TPSA) is 354 Å². The second kappa shape index (κ2) is 77.7. The summed E-state index contributed by atoms with van der Waals surface area (Å²) in [4.78, 5) is 96.1. The number of nitrogens with two attached hydrogens (primary N) is 1. The normalized spacial score (nSPS) is 20.5. The highest BCUT2D eigenvalue weighted by Gasteiger charge is 2.54. The largest absolute Gasteiger partial charge is 0.489 e. The molecule has 2 fully saturated rings. The van der Waals surface area contributed by atoms with Crippen molar-refractivity contribution in [3.05, 3.63) is 0 Å². The zero-order chi connectivity index (χ0) is 88.5. The molecule has 0 saturated carbocycles. The van der Waals surface area contributed by atoms with Gasteiger partial charge in [0, 0.05) is 19.3 Å². The molecule has 2 saturated heterocycles. The molecule has 0 aliphatic carbocycles. The summed E-state index contributed by atoms with van der Waals surface area (Å²) in [7, 11) is -5.31. The minimum atomic E-state index is -5.31. The summed E-state index contributed by atoms with van der Waals surface area (Å²) in [5, 5.41) is 52.0. The standard InChI is InChI=1S/C96H182N3O21P/c1-7-13-19-25-31-37-40-46-52-58-64-70-85(103)113-78(67-61-55-49-43-34-28-22-16-10-4)73-83(101)98-89-92(108)91(107)82(116-95(89)109)77-112-96-90(99-84(102)74-79(68-62-56-50-44-35-29-23-17-11-5)114-86(104)71-65-59-53-47-41-38-32-26-20-14-8-2)94(93(81(76-100)117-96)119-121(110,111)120-97)118-88(106)75-80(69-63-57-51-45-36-30-24-18-12-6)115-87(105)72-66-60-54-48-42-39-33-27-21-15-9-3/h78-82,89-96,100,107-109H,7-77,97H2,1-6H3,(H,98,101)(H,99,102)(H,110,111)/t78-,79-,80-,81?,82?,89?,90?,91-,92-,93-,94-,95+,96-/m1/s1. The lowest BCUT2D eigenvalue weighted by molar-refractivity contribution is -0.298. The monoisotopic (exact) mass is 1740 g/mol. The van der Waals surface area contributed by atoms with Crippen LogP contribution in [0.4, 0.5) is 0 Å². The van der Waals surface area contributed by atoms with Crippen LogP contribution in [-0.4, -0.2) is 154 Å². The molecule has 14 atom stereocenters. The summed E-state index contributed by atoms with van der Waals surface area (Å²) >= 11 is 0. The molecule has 2 aliphatic heterocycles. The van der Waals surface area contributed by atoms with Crippen LogP contribution < -0.4 is 16.5 Å². The van der Waals surface area contributed by atoms with Crippen molar-refractivity contribution in [2.75, 3.05) is 13.2 Å². The fourth-order valence-corrected chi connectivity index (χ4v) is 17.3. The van der Waals surface area contributed by atoms with Gasteiger partial charge >= 0.3 is 31.7 Å². The van der Waals surface area contributed by atoms with E-state index >= 15 is 4.79 Å². The highest BCUT2D eigenvalue weighted by Crippen LogP contribution is 2.46. The van der Waals surface area contributed by atoms with Gasteiger partial charge in [-0.25, -0.2) is 15.1 Å². The number of phosphoric acid groups is 1. The Morgan fingerprint density at radius 3 is 0.934 bits per heavy atom. The number of carbonyl (C=O) groups excluding carboxylic acids is 6. The smallest absolute Gasteiger partial charge is 0.462 e. The van der Waals surface area contributed by atoms with E-state index < -0.39 is 149 Å². The van der Waals surface area contributed by atoms with E-state index in [0.29, 0.717) is 57.8 Å². The van der Waals surface area contributed by atoms with Crippen molar-refractivity contribution >= 4 is 43.5 Å². The molecule has 24 nitrogen and oxygen atoms in total. The Kier molecular flexibility index (Phi) is 73.0. The average Bonchev–Trinajstić information content (AvgIpc) is 0.780. The van der Waals surface area contributed by atoms with Gasteiger partial charge < -0.3 is 69.1 Å². The van der Waals surface area contributed by atoms with Crippen molar-refractivity contribution in [3.63, 3.8) is 0 Å². The molecule has 9 N–H and O–H groups in total. The molecule has 0 aromatic heterocycles. The SMILES string of the molecule is CCCCCCCCCCCCCC(=O)O[C@H](CCCCCCCCCCC)CC(=O)NC1[C@H](OCC2O[C@H](O)C(NC(=O)C[C@@H](CCCCCCCCCCC)OC(=O)CCCCCCCCCCCCC)[C@@H](O)[C@@H]2O)OC(CO)[C@@H](OP(=O)(O)ON)[C@@H]1OC(=O)C[C@@H](CCCCCCCCCCC)OC(=O)CCCCCCCCCCCCC. The summed E-state index contributed by atoms with van der Waals surface area (Å²) < 4.78 is 66.8.